The van der Waals surface area contributed by atoms with Crippen LogP contribution >= 0.6 is 11.3 Å². The maximum absolute atomic E-state index is 13.5. The number of halogens is 6. The van der Waals surface area contributed by atoms with Crippen LogP contribution in [-0.4, -0.2) is 17.9 Å². The number of alkyl halides is 6. The fourth-order valence-electron chi connectivity index (χ4n) is 2.67. The number of hydrogen-bond acceptors (Lipinski definition) is 4. The number of fused-ring (bicyclic) bond motifs is 1. The summed E-state index contributed by atoms with van der Waals surface area (Å²) in [6.45, 7) is 0. The quantitative estimate of drug-likeness (QED) is 0.541. The summed E-state index contributed by atoms with van der Waals surface area (Å²) in [6.07, 6.45) is -8.82. The summed E-state index contributed by atoms with van der Waals surface area (Å²) in [6, 6.07) is 6.12. The standard InChI is InChI=1S/C17H11F6N3OS/c1-24-14-12(9(6-7-25-14)16(18,19)20)26-15(27)13-11(17(21,22)23)8-4-2-3-5-10(8)28-13/h2-7H,1H3,(H,24,25)(H,26,27). The van der Waals surface area contributed by atoms with Crippen molar-refractivity contribution in [3.05, 3.63) is 52.5 Å². The molecule has 2 heterocycles. The molecule has 3 rings (SSSR count). The van der Waals surface area contributed by atoms with Crippen LogP contribution < -0.4 is 10.6 Å². The topological polar surface area (TPSA) is 54.0 Å². The molecule has 2 aromatic heterocycles. The van der Waals surface area contributed by atoms with Gasteiger partial charge in [-0.2, -0.15) is 26.3 Å². The molecule has 2 N–H and O–H groups in total. The number of pyridine rings is 1. The molecule has 0 aliphatic rings. The zero-order valence-corrected chi connectivity index (χ0v) is 14.8. The van der Waals surface area contributed by atoms with E-state index in [9.17, 15) is 31.1 Å². The Hall–Kier alpha value is -2.82. The third-order valence-electron chi connectivity index (χ3n) is 3.82. The molecule has 4 nitrogen and oxygen atoms in total. The van der Waals surface area contributed by atoms with Crippen molar-refractivity contribution in [2.45, 2.75) is 12.4 Å². The molecule has 0 unspecified atom stereocenters. The molecule has 0 bridgehead atoms. The van der Waals surface area contributed by atoms with E-state index in [-0.39, 0.29) is 15.9 Å². The number of benzene rings is 1. The van der Waals surface area contributed by atoms with Gasteiger partial charge in [0.1, 0.15) is 10.7 Å². The highest BCUT2D eigenvalue weighted by Crippen LogP contribution is 2.43. The molecule has 0 radical (unpaired) electrons. The SMILES string of the molecule is CNc1nccc(C(F)(F)F)c1NC(=O)c1sc2ccccc2c1C(F)(F)F. The first kappa shape index (κ1) is 19.9. The molecule has 1 amide bonds. The number of carbonyl (C=O) groups is 1. The number of carbonyl (C=O) groups excluding carboxylic acids is 1. The van der Waals surface area contributed by atoms with Crippen molar-refractivity contribution in [1.29, 1.82) is 0 Å². The summed E-state index contributed by atoms with van der Waals surface area (Å²) in [4.78, 5) is 15.5. The van der Waals surface area contributed by atoms with Gasteiger partial charge in [-0.3, -0.25) is 4.79 Å². The van der Waals surface area contributed by atoms with Crippen LogP contribution in [-0.2, 0) is 12.4 Å². The number of nitrogens with zero attached hydrogens (tertiary/aromatic N) is 1. The van der Waals surface area contributed by atoms with Gasteiger partial charge >= 0.3 is 12.4 Å². The molecule has 0 aliphatic carbocycles. The minimum Gasteiger partial charge on any atom is -0.371 e. The van der Waals surface area contributed by atoms with Gasteiger partial charge in [0.15, 0.2) is 0 Å². The highest BCUT2D eigenvalue weighted by Gasteiger charge is 2.40. The largest absolute Gasteiger partial charge is 0.418 e. The first-order chi connectivity index (χ1) is 13.0. The van der Waals surface area contributed by atoms with E-state index in [2.05, 4.69) is 10.3 Å². The molecule has 3 aromatic rings. The Morgan fingerprint density at radius 1 is 1.04 bits per heavy atom. The van der Waals surface area contributed by atoms with Crippen LogP contribution in [0.25, 0.3) is 10.1 Å². The fraction of sp³-hybridized carbons (Fsp3) is 0.176. The van der Waals surface area contributed by atoms with Crippen LogP contribution in [0.3, 0.4) is 0 Å². The second kappa shape index (κ2) is 6.97. The van der Waals surface area contributed by atoms with Gasteiger partial charge < -0.3 is 10.6 Å². The number of thiophene rings is 1. The Kier molecular flexibility index (Phi) is 4.96. The maximum atomic E-state index is 13.5. The number of rotatable bonds is 3. The molecule has 0 spiro atoms. The molecule has 0 fully saturated rings. The van der Waals surface area contributed by atoms with E-state index in [0.29, 0.717) is 17.4 Å². The Morgan fingerprint density at radius 3 is 2.32 bits per heavy atom. The molecule has 0 saturated heterocycles. The van der Waals surface area contributed by atoms with Gasteiger partial charge in [-0.05, 0) is 12.1 Å². The van der Waals surface area contributed by atoms with Gasteiger partial charge in [0.05, 0.1) is 16.8 Å². The number of hydrogen-bond donors (Lipinski definition) is 2. The van der Waals surface area contributed by atoms with Crippen LogP contribution in [0, 0.1) is 0 Å². The van der Waals surface area contributed by atoms with Crippen molar-refractivity contribution in [2.24, 2.45) is 0 Å². The second-order valence-corrected chi connectivity index (χ2v) is 6.64. The van der Waals surface area contributed by atoms with Crippen molar-refractivity contribution >= 4 is 38.8 Å². The summed E-state index contributed by atoms with van der Waals surface area (Å²) in [7, 11) is 1.28. The molecule has 0 aliphatic heterocycles. The van der Waals surface area contributed by atoms with E-state index >= 15 is 0 Å². The molecule has 28 heavy (non-hydrogen) atoms. The Morgan fingerprint density at radius 2 is 1.71 bits per heavy atom. The number of aromatic nitrogens is 1. The monoisotopic (exact) mass is 419 g/mol. The maximum Gasteiger partial charge on any atom is 0.418 e. The molecule has 148 valence electrons. The van der Waals surface area contributed by atoms with Gasteiger partial charge in [0.2, 0.25) is 0 Å². The summed E-state index contributed by atoms with van der Waals surface area (Å²) in [5.41, 5.74) is -3.16. The molecule has 11 heteroatoms. The average Bonchev–Trinajstić information content (AvgIpc) is 3.01. The van der Waals surface area contributed by atoms with Crippen LogP contribution in [0.4, 0.5) is 37.8 Å². The zero-order chi connectivity index (χ0) is 20.7. The Balaban J connectivity index is 2.13. The smallest absolute Gasteiger partial charge is 0.371 e. The molecular weight excluding hydrogens is 408 g/mol. The van der Waals surface area contributed by atoms with Crippen molar-refractivity contribution in [1.82, 2.24) is 4.98 Å². The second-order valence-electron chi connectivity index (χ2n) is 5.58. The first-order valence-corrected chi connectivity index (χ1v) is 8.49. The minimum atomic E-state index is -4.86. The van der Waals surface area contributed by atoms with Gasteiger partial charge in [-0.25, -0.2) is 4.98 Å². The fourth-order valence-corrected chi connectivity index (χ4v) is 3.79. The van der Waals surface area contributed by atoms with E-state index in [4.69, 9.17) is 0 Å². The number of anilines is 2. The van der Waals surface area contributed by atoms with Crippen molar-refractivity contribution < 1.29 is 31.1 Å². The molecular formula is C17H11F6N3OS. The van der Waals surface area contributed by atoms with Crippen molar-refractivity contribution in [3.63, 3.8) is 0 Å². The number of amides is 1. The van der Waals surface area contributed by atoms with E-state index in [1.807, 2.05) is 5.32 Å². The lowest BCUT2D eigenvalue weighted by atomic mass is 10.1. The summed E-state index contributed by atoms with van der Waals surface area (Å²) in [5.74, 6) is -1.62. The van der Waals surface area contributed by atoms with Gasteiger partial charge in [-0.15, -0.1) is 11.3 Å². The number of nitrogens with one attached hydrogen (secondary N) is 2. The molecule has 0 saturated carbocycles. The highest BCUT2D eigenvalue weighted by atomic mass is 32.1. The predicted octanol–water partition coefficient (Wildman–Crippen LogP) is 5.63. The lowest BCUT2D eigenvalue weighted by Gasteiger charge is -2.17. The Bertz CT molecular complexity index is 1040. The molecule has 1 aromatic carbocycles. The summed E-state index contributed by atoms with van der Waals surface area (Å²) >= 11 is 0.551. The van der Waals surface area contributed by atoms with E-state index in [1.54, 1.807) is 0 Å². The molecule has 0 atom stereocenters. The van der Waals surface area contributed by atoms with Crippen LogP contribution in [0.2, 0.25) is 0 Å². The lowest BCUT2D eigenvalue weighted by molar-refractivity contribution is -0.137. The minimum absolute atomic E-state index is 0.191. The highest BCUT2D eigenvalue weighted by molar-refractivity contribution is 7.21. The van der Waals surface area contributed by atoms with Gasteiger partial charge in [0, 0.05) is 23.3 Å². The predicted molar refractivity (Wildman–Crippen MR) is 93.6 cm³/mol. The zero-order valence-electron chi connectivity index (χ0n) is 14.0. The van der Waals surface area contributed by atoms with E-state index in [0.717, 1.165) is 6.20 Å². The van der Waals surface area contributed by atoms with Crippen molar-refractivity contribution in [3.8, 4) is 0 Å². The average molecular weight is 419 g/mol. The first-order valence-electron chi connectivity index (χ1n) is 7.68. The van der Waals surface area contributed by atoms with Crippen LogP contribution in [0.5, 0.6) is 0 Å². The lowest BCUT2D eigenvalue weighted by Crippen LogP contribution is -2.20. The van der Waals surface area contributed by atoms with E-state index in [1.165, 1.54) is 31.3 Å². The third kappa shape index (κ3) is 3.61. The summed E-state index contributed by atoms with van der Waals surface area (Å²) in [5, 5.41) is 4.15. The van der Waals surface area contributed by atoms with Gasteiger partial charge in [-0.1, -0.05) is 18.2 Å². The Labute approximate surface area is 158 Å². The third-order valence-corrected chi connectivity index (χ3v) is 4.99. The van der Waals surface area contributed by atoms with E-state index < -0.39 is 40.0 Å². The summed E-state index contributed by atoms with van der Waals surface area (Å²) < 4.78 is 80.6. The van der Waals surface area contributed by atoms with Crippen LogP contribution in [0.15, 0.2) is 36.5 Å². The normalized spacial score (nSPS) is 12.2. The van der Waals surface area contributed by atoms with Crippen molar-refractivity contribution in [2.75, 3.05) is 17.7 Å². The van der Waals surface area contributed by atoms with Crippen LogP contribution in [0.1, 0.15) is 20.8 Å². The van der Waals surface area contributed by atoms with Gasteiger partial charge in [0.25, 0.3) is 5.91 Å².